The van der Waals surface area contributed by atoms with Crippen LogP contribution in [-0.2, 0) is 0 Å². The van der Waals surface area contributed by atoms with Gasteiger partial charge < -0.3 is 5.32 Å². The number of rotatable bonds is 3. The molecule has 0 radical (unpaired) electrons. The minimum atomic E-state index is 0.630. The van der Waals surface area contributed by atoms with Crippen molar-refractivity contribution in [3.63, 3.8) is 0 Å². The van der Waals surface area contributed by atoms with Gasteiger partial charge in [0, 0.05) is 12.1 Å². The van der Waals surface area contributed by atoms with E-state index in [0.29, 0.717) is 12.1 Å². The van der Waals surface area contributed by atoms with E-state index in [9.17, 15) is 0 Å². The molecule has 0 aliphatic carbocycles. The van der Waals surface area contributed by atoms with Gasteiger partial charge in [0.15, 0.2) is 0 Å². The fourth-order valence-electron chi connectivity index (χ4n) is 0.687. The predicted molar refractivity (Wildman–Crippen MR) is 38.0 cm³/mol. The van der Waals surface area contributed by atoms with E-state index in [1.54, 1.807) is 0 Å². The zero-order valence-corrected chi connectivity index (χ0v) is 6.36. The maximum Gasteiger partial charge on any atom is 0.00384 e. The van der Waals surface area contributed by atoms with Gasteiger partial charge in [0.25, 0.3) is 0 Å². The number of hydrogen-bond acceptors (Lipinski definition) is 1. The maximum atomic E-state index is 3.39. The molecule has 50 valence electrons. The SMILES string of the molecule is CCC(C)NC(C)C. The Kier molecular flexibility index (Phi) is 3.88. The molecule has 1 unspecified atom stereocenters. The van der Waals surface area contributed by atoms with Crippen molar-refractivity contribution >= 4 is 0 Å². The van der Waals surface area contributed by atoms with Crippen molar-refractivity contribution in [2.75, 3.05) is 0 Å². The highest BCUT2D eigenvalue weighted by atomic mass is 14.9. The Morgan fingerprint density at radius 3 is 1.88 bits per heavy atom. The third kappa shape index (κ3) is 4.13. The molecule has 0 aliphatic heterocycles. The smallest absolute Gasteiger partial charge is 0.00384 e. The van der Waals surface area contributed by atoms with E-state index in [2.05, 4.69) is 33.0 Å². The first-order chi connectivity index (χ1) is 3.66. The molecule has 0 bridgehead atoms. The summed E-state index contributed by atoms with van der Waals surface area (Å²) in [7, 11) is 0. The second-order valence-electron chi connectivity index (χ2n) is 2.63. The molecular weight excluding hydrogens is 98.1 g/mol. The van der Waals surface area contributed by atoms with Crippen LogP contribution in [0.4, 0.5) is 0 Å². The van der Waals surface area contributed by atoms with Crippen molar-refractivity contribution in [1.29, 1.82) is 0 Å². The van der Waals surface area contributed by atoms with Crippen LogP contribution in [0.1, 0.15) is 34.1 Å². The molecule has 0 saturated heterocycles. The molecule has 0 aliphatic rings. The van der Waals surface area contributed by atoms with Crippen LogP contribution in [0, 0.1) is 0 Å². The molecule has 0 rings (SSSR count). The largest absolute Gasteiger partial charge is 0.312 e. The lowest BCUT2D eigenvalue weighted by Gasteiger charge is -2.13. The Morgan fingerprint density at radius 2 is 1.75 bits per heavy atom. The molecule has 0 spiro atoms. The molecule has 0 amide bonds. The zero-order chi connectivity index (χ0) is 6.57. The van der Waals surface area contributed by atoms with Gasteiger partial charge >= 0.3 is 0 Å². The fourth-order valence-corrected chi connectivity index (χ4v) is 0.687. The van der Waals surface area contributed by atoms with Crippen molar-refractivity contribution in [3.8, 4) is 0 Å². The van der Waals surface area contributed by atoms with E-state index < -0.39 is 0 Å². The van der Waals surface area contributed by atoms with Crippen LogP contribution in [0.2, 0.25) is 0 Å². The number of nitrogens with one attached hydrogen (secondary N) is 1. The molecule has 0 aromatic heterocycles. The van der Waals surface area contributed by atoms with E-state index in [-0.39, 0.29) is 0 Å². The first-order valence-electron chi connectivity index (χ1n) is 3.42. The van der Waals surface area contributed by atoms with Crippen LogP contribution in [-0.4, -0.2) is 12.1 Å². The molecule has 0 saturated carbocycles. The second kappa shape index (κ2) is 3.90. The van der Waals surface area contributed by atoms with Crippen LogP contribution in [0.25, 0.3) is 0 Å². The Balaban J connectivity index is 3.10. The first-order valence-corrected chi connectivity index (χ1v) is 3.42. The average Bonchev–Trinajstić information content (AvgIpc) is 1.65. The van der Waals surface area contributed by atoms with Crippen molar-refractivity contribution in [2.24, 2.45) is 0 Å². The summed E-state index contributed by atoms with van der Waals surface area (Å²) in [4.78, 5) is 0. The van der Waals surface area contributed by atoms with Crippen molar-refractivity contribution in [2.45, 2.75) is 46.2 Å². The van der Waals surface area contributed by atoms with Crippen LogP contribution in [0.3, 0.4) is 0 Å². The Morgan fingerprint density at radius 1 is 1.25 bits per heavy atom. The van der Waals surface area contributed by atoms with Gasteiger partial charge in [0.05, 0.1) is 0 Å². The molecule has 0 aromatic rings. The monoisotopic (exact) mass is 115 g/mol. The van der Waals surface area contributed by atoms with Gasteiger partial charge in [0.2, 0.25) is 0 Å². The van der Waals surface area contributed by atoms with E-state index in [1.165, 1.54) is 6.42 Å². The topological polar surface area (TPSA) is 12.0 Å². The molecular formula is C7H17N. The summed E-state index contributed by atoms with van der Waals surface area (Å²) in [6, 6.07) is 1.31. The van der Waals surface area contributed by atoms with Crippen molar-refractivity contribution in [3.05, 3.63) is 0 Å². The normalized spacial score (nSPS) is 14.6. The van der Waals surface area contributed by atoms with Crippen LogP contribution in [0.5, 0.6) is 0 Å². The van der Waals surface area contributed by atoms with E-state index in [1.807, 2.05) is 0 Å². The van der Waals surface area contributed by atoms with E-state index in [0.717, 1.165) is 0 Å². The lowest BCUT2D eigenvalue weighted by Crippen LogP contribution is -2.31. The Hall–Kier alpha value is -0.0400. The molecule has 0 heterocycles. The predicted octanol–water partition coefficient (Wildman–Crippen LogP) is 1.78. The van der Waals surface area contributed by atoms with E-state index >= 15 is 0 Å². The standard InChI is InChI=1S/C7H17N/c1-5-7(4)8-6(2)3/h6-8H,5H2,1-4H3. The second-order valence-corrected chi connectivity index (χ2v) is 2.63. The number of hydrogen-bond donors (Lipinski definition) is 1. The maximum absolute atomic E-state index is 3.39. The Bertz CT molecular complexity index is 50.3. The minimum absolute atomic E-state index is 0.630. The van der Waals surface area contributed by atoms with Gasteiger partial charge in [-0.25, -0.2) is 0 Å². The van der Waals surface area contributed by atoms with Gasteiger partial charge in [0.1, 0.15) is 0 Å². The molecule has 0 fully saturated rings. The molecule has 1 atom stereocenters. The highest BCUT2D eigenvalue weighted by Crippen LogP contribution is 1.89. The van der Waals surface area contributed by atoms with Gasteiger partial charge in [-0.3, -0.25) is 0 Å². The van der Waals surface area contributed by atoms with Crippen LogP contribution < -0.4 is 5.32 Å². The van der Waals surface area contributed by atoms with E-state index in [4.69, 9.17) is 0 Å². The van der Waals surface area contributed by atoms with Gasteiger partial charge in [-0.2, -0.15) is 0 Å². The molecule has 1 nitrogen and oxygen atoms in total. The molecule has 1 N–H and O–H groups in total. The summed E-state index contributed by atoms with van der Waals surface area (Å²) >= 11 is 0. The minimum Gasteiger partial charge on any atom is -0.312 e. The third-order valence-electron chi connectivity index (χ3n) is 1.23. The summed E-state index contributed by atoms with van der Waals surface area (Å²) < 4.78 is 0. The zero-order valence-electron chi connectivity index (χ0n) is 6.36. The average molecular weight is 115 g/mol. The van der Waals surface area contributed by atoms with Gasteiger partial charge in [-0.1, -0.05) is 20.8 Å². The molecule has 0 aromatic carbocycles. The highest BCUT2D eigenvalue weighted by molar-refractivity contribution is 4.60. The van der Waals surface area contributed by atoms with Gasteiger partial charge in [-0.05, 0) is 13.3 Å². The lowest BCUT2D eigenvalue weighted by atomic mass is 10.2. The van der Waals surface area contributed by atoms with Gasteiger partial charge in [-0.15, -0.1) is 0 Å². The summed E-state index contributed by atoms with van der Waals surface area (Å²) in [6.45, 7) is 8.75. The van der Waals surface area contributed by atoms with Crippen LogP contribution in [0.15, 0.2) is 0 Å². The quantitative estimate of drug-likeness (QED) is 0.591. The molecule has 1 heteroatoms. The Labute approximate surface area is 52.5 Å². The summed E-state index contributed by atoms with van der Waals surface area (Å²) in [5, 5.41) is 3.39. The summed E-state index contributed by atoms with van der Waals surface area (Å²) in [5.41, 5.74) is 0. The highest BCUT2D eigenvalue weighted by Gasteiger charge is 1.97. The summed E-state index contributed by atoms with van der Waals surface area (Å²) in [5.74, 6) is 0. The van der Waals surface area contributed by atoms with Crippen molar-refractivity contribution < 1.29 is 0 Å². The third-order valence-corrected chi connectivity index (χ3v) is 1.23. The van der Waals surface area contributed by atoms with Crippen LogP contribution >= 0.6 is 0 Å². The fraction of sp³-hybridized carbons (Fsp3) is 1.00. The van der Waals surface area contributed by atoms with Crippen molar-refractivity contribution in [1.82, 2.24) is 5.32 Å². The lowest BCUT2D eigenvalue weighted by molar-refractivity contribution is 0.479. The first kappa shape index (κ1) is 7.96. The molecule has 8 heavy (non-hydrogen) atoms. The summed E-state index contributed by atoms with van der Waals surface area (Å²) in [6.07, 6.45) is 1.22.